The number of nitrogens with zero attached hydrogens (tertiary/aromatic N) is 1. The first-order chi connectivity index (χ1) is 6.97. The first kappa shape index (κ1) is 11.0. The van der Waals surface area contributed by atoms with Crippen LogP contribution >= 0.6 is 0 Å². The first-order valence-corrected chi connectivity index (χ1v) is 3.52. The van der Waals surface area contributed by atoms with Crippen LogP contribution in [-0.4, -0.2) is 10.9 Å². The van der Waals surface area contributed by atoms with Gasteiger partial charge in [-0.1, -0.05) is 0 Å². The zero-order valence-electron chi connectivity index (χ0n) is 7.07. The van der Waals surface area contributed by atoms with Crippen molar-refractivity contribution >= 4 is 11.7 Å². The topological polar surface area (TPSA) is 95.5 Å². The van der Waals surface area contributed by atoms with Crippen molar-refractivity contribution in [2.75, 3.05) is 0 Å². The Kier molecular flexibility index (Phi) is 2.90. The number of nitro groups is 1. The van der Waals surface area contributed by atoms with Gasteiger partial charge in [0.15, 0.2) is 11.6 Å². The summed E-state index contributed by atoms with van der Waals surface area (Å²) >= 11 is 0. The molecule has 0 saturated heterocycles. The third kappa shape index (κ3) is 2.05. The fourth-order valence-electron chi connectivity index (χ4n) is 0.892. The van der Waals surface area contributed by atoms with Gasteiger partial charge in [-0.3, -0.25) is 10.1 Å². The molecule has 0 radical (unpaired) electrons. The lowest BCUT2D eigenvalue weighted by atomic mass is 10.2. The summed E-state index contributed by atoms with van der Waals surface area (Å²) in [7, 11) is 0. The molecule has 0 fully saturated rings. The highest BCUT2D eigenvalue weighted by Gasteiger charge is 2.22. The van der Waals surface area contributed by atoms with Crippen molar-refractivity contribution in [3.05, 3.63) is 39.4 Å². The quantitative estimate of drug-likeness (QED) is 0.587. The SMILES string of the molecule is NOC(=O)c1cc([N+](=O)[O-])cc(F)c1F. The van der Waals surface area contributed by atoms with E-state index in [1.165, 1.54) is 0 Å². The summed E-state index contributed by atoms with van der Waals surface area (Å²) in [4.78, 5) is 23.7. The Morgan fingerprint density at radius 3 is 2.53 bits per heavy atom. The second kappa shape index (κ2) is 3.96. The molecule has 0 amide bonds. The van der Waals surface area contributed by atoms with Crippen LogP contribution in [0.25, 0.3) is 0 Å². The van der Waals surface area contributed by atoms with Gasteiger partial charge < -0.3 is 4.84 Å². The lowest BCUT2D eigenvalue weighted by Crippen LogP contribution is -2.13. The van der Waals surface area contributed by atoms with Gasteiger partial charge in [-0.05, 0) is 0 Å². The monoisotopic (exact) mass is 218 g/mol. The number of rotatable bonds is 2. The van der Waals surface area contributed by atoms with Crippen LogP contribution in [0.1, 0.15) is 10.4 Å². The maximum Gasteiger partial charge on any atom is 0.359 e. The van der Waals surface area contributed by atoms with E-state index in [0.717, 1.165) is 0 Å². The van der Waals surface area contributed by atoms with Gasteiger partial charge in [0, 0.05) is 6.07 Å². The molecule has 1 aromatic rings. The average molecular weight is 218 g/mol. The molecule has 0 aliphatic heterocycles. The maximum atomic E-state index is 12.9. The minimum atomic E-state index is -1.55. The van der Waals surface area contributed by atoms with Gasteiger partial charge >= 0.3 is 5.97 Å². The zero-order chi connectivity index (χ0) is 11.6. The van der Waals surface area contributed by atoms with Gasteiger partial charge in [0.1, 0.15) is 5.56 Å². The molecular weight excluding hydrogens is 214 g/mol. The molecule has 80 valence electrons. The summed E-state index contributed by atoms with van der Waals surface area (Å²) in [6.45, 7) is 0. The summed E-state index contributed by atoms with van der Waals surface area (Å²) in [6.07, 6.45) is 0. The summed E-state index contributed by atoms with van der Waals surface area (Å²) in [5, 5.41) is 10.3. The zero-order valence-corrected chi connectivity index (χ0v) is 7.07. The minimum absolute atomic E-state index is 0.350. The smallest absolute Gasteiger partial charge is 0.359 e. The van der Waals surface area contributed by atoms with Crippen LogP contribution in [0.4, 0.5) is 14.5 Å². The second-order valence-corrected chi connectivity index (χ2v) is 2.45. The largest absolute Gasteiger partial charge is 0.370 e. The third-order valence-electron chi connectivity index (χ3n) is 1.55. The van der Waals surface area contributed by atoms with Crippen LogP contribution in [0.3, 0.4) is 0 Å². The summed E-state index contributed by atoms with van der Waals surface area (Å²) in [6, 6.07) is 0.885. The Morgan fingerprint density at radius 1 is 1.47 bits per heavy atom. The van der Waals surface area contributed by atoms with Gasteiger partial charge in [-0.2, -0.15) is 5.90 Å². The van der Waals surface area contributed by atoms with Crippen LogP contribution in [0.15, 0.2) is 12.1 Å². The third-order valence-corrected chi connectivity index (χ3v) is 1.55. The summed E-state index contributed by atoms with van der Waals surface area (Å²) in [5.74, 6) is -0.0216. The Bertz CT molecular complexity index is 435. The molecule has 2 N–H and O–H groups in total. The molecule has 0 saturated carbocycles. The number of nitro benzene ring substituents is 1. The Balaban J connectivity index is 3.37. The Labute approximate surface area is 81.3 Å². The van der Waals surface area contributed by atoms with Gasteiger partial charge in [0.25, 0.3) is 5.69 Å². The first-order valence-electron chi connectivity index (χ1n) is 3.52. The fourth-order valence-corrected chi connectivity index (χ4v) is 0.892. The number of hydrogen-bond acceptors (Lipinski definition) is 5. The highest BCUT2D eigenvalue weighted by Crippen LogP contribution is 2.20. The van der Waals surface area contributed by atoms with Crippen LogP contribution in [0, 0.1) is 21.7 Å². The van der Waals surface area contributed by atoms with E-state index < -0.39 is 33.8 Å². The molecule has 0 spiro atoms. The predicted molar refractivity (Wildman–Crippen MR) is 42.6 cm³/mol. The highest BCUT2D eigenvalue weighted by molar-refractivity contribution is 5.90. The van der Waals surface area contributed by atoms with E-state index in [-0.39, 0.29) is 0 Å². The molecule has 0 aliphatic carbocycles. The molecule has 0 aliphatic rings. The molecule has 8 heteroatoms. The minimum Gasteiger partial charge on any atom is -0.370 e. The number of non-ortho nitro benzene ring substituents is 1. The van der Waals surface area contributed by atoms with Crippen molar-refractivity contribution in [3.8, 4) is 0 Å². The summed E-state index contributed by atoms with van der Waals surface area (Å²) < 4.78 is 25.7. The van der Waals surface area contributed by atoms with Gasteiger partial charge in [0.05, 0.1) is 11.0 Å². The van der Waals surface area contributed by atoms with E-state index in [1.54, 1.807) is 0 Å². The van der Waals surface area contributed by atoms with Crippen molar-refractivity contribution in [1.29, 1.82) is 0 Å². The normalized spacial score (nSPS) is 9.80. The van der Waals surface area contributed by atoms with Crippen molar-refractivity contribution < 1.29 is 23.3 Å². The molecule has 15 heavy (non-hydrogen) atoms. The Hall–Kier alpha value is -2.09. The van der Waals surface area contributed by atoms with Gasteiger partial charge in [0.2, 0.25) is 0 Å². The highest BCUT2D eigenvalue weighted by atomic mass is 19.2. The van der Waals surface area contributed by atoms with Gasteiger partial charge in [-0.15, -0.1) is 0 Å². The van der Waals surface area contributed by atoms with Crippen LogP contribution in [0.2, 0.25) is 0 Å². The van der Waals surface area contributed by atoms with Crippen LogP contribution in [-0.2, 0) is 4.84 Å². The number of nitrogens with two attached hydrogens (primary N) is 1. The molecule has 0 atom stereocenters. The standard InChI is InChI=1S/C7H4F2N2O4/c8-5-2-3(11(13)14)1-4(6(5)9)7(12)15-10/h1-2H,10H2. The summed E-state index contributed by atoms with van der Waals surface area (Å²) in [5.41, 5.74) is -1.70. The number of halogens is 2. The fraction of sp³-hybridized carbons (Fsp3) is 0. The van der Waals surface area contributed by atoms with E-state index in [9.17, 15) is 23.7 Å². The number of carbonyl (C=O) groups excluding carboxylic acids is 1. The second-order valence-electron chi connectivity index (χ2n) is 2.45. The molecular formula is C7H4F2N2O4. The van der Waals surface area contributed by atoms with E-state index in [0.29, 0.717) is 12.1 Å². The molecule has 6 nitrogen and oxygen atoms in total. The van der Waals surface area contributed by atoms with Crippen LogP contribution < -0.4 is 5.90 Å². The molecule has 0 heterocycles. The molecule has 1 aromatic carbocycles. The van der Waals surface area contributed by atoms with Crippen molar-refractivity contribution in [2.24, 2.45) is 5.90 Å². The van der Waals surface area contributed by atoms with E-state index in [1.807, 2.05) is 0 Å². The number of hydrogen-bond donors (Lipinski definition) is 1. The van der Waals surface area contributed by atoms with E-state index >= 15 is 0 Å². The average Bonchev–Trinajstić information content (AvgIpc) is 2.20. The van der Waals surface area contributed by atoms with Gasteiger partial charge in [-0.25, -0.2) is 13.6 Å². The lowest BCUT2D eigenvalue weighted by Gasteiger charge is -2.01. The van der Waals surface area contributed by atoms with E-state index in [4.69, 9.17) is 0 Å². The Morgan fingerprint density at radius 2 is 2.07 bits per heavy atom. The van der Waals surface area contributed by atoms with Crippen LogP contribution in [0.5, 0.6) is 0 Å². The van der Waals surface area contributed by atoms with E-state index in [2.05, 4.69) is 10.7 Å². The molecule has 0 bridgehead atoms. The molecule has 0 aromatic heterocycles. The number of carbonyl (C=O) groups is 1. The van der Waals surface area contributed by atoms with Crippen molar-refractivity contribution in [2.45, 2.75) is 0 Å². The molecule has 0 unspecified atom stereocenters. The van der Waals surface area contributed by atoms with Crippen molar-refractivity contribution in [1.82, 2.24) is 0 Å². The predicted octanol–water partition coefficient (Wildman–Crippen LogP) is 0.903. The van der Waals surface area contributed by atoms with Crippen molar-refractivity contribution in [3.63, 3.8) is 0 Å². The molecule has 1 rings (SSSR count). The lowest BCUT2D eigenvalue weighted by molar-refractivity contribution is -0.385. The maximum absolute atomic E-state index is 12.9. The number of benzene rings is 1.